The van der Waals surface area contributed by atoms with Crippen LogP contribution in [0.3, 0.4) is 0 Å². The van der Waals surface area contributed by atoms with Crippen LogP contribution in [0.4, 0.5) is 10.8 Å². The Hall–Kier alpha value is -2.69. The average molecular weight is 481 g/mol. The van der Waals surface area contributed by atoms with Gasteiger partial charge in [-0.25, -0.2) is 8.42 Å². The zero-order valence-corrected chi connectivity index (χ0v) is 19.7. The fourth-order valence-corrected chi connectivity index (χ4v) is 5.00. The standard InChI is InChI=1S/C20H21ClN4O4S2/c1-12-5-7-14(8-6-12)19-23-24-20(30-19)22-18(26)13(2)25(31(4,27)28)16-11-15(21)9-10-17(16)29-3/h5-11,13H,1-4H3,(H,22,24,26)/t13-/m1/s1. The van der Waals surface area contributed by atoms with E-state index in [9.17, 15) is 13.2 Å². The molecule has 1 aromatic heterocycles. The molecule has 1 N–H and O–H groups in total. The van der Waals surface area contributed by atoms with Gasteiger partial charge in [0, 0.05) is 10.6 Å². The van der Waals surface area contributed by atoms with E-state index in [1.807, 2.05) is 31.2 Å². The monoisotopic (exact) mass is 480 g/mol. The summed E-state index contributed by atoms with van der Waals surface area (Å²) >= 11 is 7.25. The summed E-state index contributed by atoms with van der Waals surface area (Å²) in [6, 6.07) is 11.2. The molecule has 0 saturated heterocycles. The number of benzene rings is 2. The van der Waals surface area contributed by atoms with E-state index in [2.05, 4.69) is 15.5 Å². The van der Waals surface area contributed by atoms with Crippen molar-refractivity contribution in [3.63, 3.8) is 0 Å². The third-order valence-electron chi connectivity index (χ3n) is 4.42. The van der Waals surface area contributed by atoms with Crippen LogP contribution in [-0.4, -0.2) is 43.9 Å². The van der Waals surface area contributed by atoms with Crippen LogP contribution in [0.1, 0.15) is 12.5 Å². The molecule has 1 amide bonds. The topological polar surface area (TPSA) is 101 Å². The number of carbonyl (C=O) groups is 1. The molecule has 31 heavy (non-hydrogen) atoms. The van der Waals surface area contributed by atoms with Crippen LogP contribution in [0.15, 0.2) is 42.5 Å². The number of carbonyl (C=O) groups excluding carboxylic acids is 1. The molecule has 0 spiro atoms. The van der Waals surface area contributed by atoms with Crippen molar-refractivity contribution in [1.82, 2.24) is 10.2 Å². The third kappa shape index (κ3) is 5.33. The van der Waals surface area contributed by atoms with Crippen molar-refractivity contribution in [2.75, 3.05) is 23.0 Å². The molecule has 3 rings (SSSR count). The second-order valence-electron chi connectivity index (χ2n) is 6.82. The summed E-state index contributed by atoms with van der Waals surface area (Å²) < 4.78 is 31.3. The summed E-state index contributed by atoms with van der Waals surface area (Å²) in [5.41, 5.74) is 2.16. The molecule has 3 aromatic rings. The van der Waals surface area contributed by atoms with Crippen LogP contribution in [0, 0.1) is 6.92 Å². The summed E-state index contributed by atoms with van der Waals surface area (Å²) in [5.74, 6) is -0.300. The van der Waals surface area contributed by atoms with Crippen molar-refractivity contribution in [3.8, 4) is 16.3 Å². The molecule has 0 saturated carbocycles. The number of nitrogens with one attached hydrogen (secondary N) is 1. The molecule has 1 atom stereocenters. The van der Waals surface area contributed by atoms with Gasteiger partial charge in [0.1, 0.15) is 16.8 Å². The molecule has 0 radical (unpaired) electrons. The van der Waals surface area contributed by atoms with Gasteiger partial charge in [-0.05, 0) is 32.0 Å². The molecule has 0 fully saturated rings. The maximum absolute atomic E-state index is 12.9. The minimum atomic E-state index is -3.84. The minimum Gasteiger partial charge on any atom is -0.495 e. The smallest absolute Gasteiger partial charge is 0.249 e. The number of sulfonamides is 1. The minimum absolute atomic E-state index is 0.165. The van der Waals surface area contributed by atoms with Crippen molar-refractivity contribution in [2.24, 2.45) is 0 Å². The van der Waals surface area contributed by atoms with Gasteiger partial charge in [-0.3, -0.25) is 14.4 Å². The van der Waals surface area contributed by atoms with E-state index in [4.69, 9.17) is 16.3 Å². The second kappa shape index (κ2) is 9.21. The van der Waals surface area contributed by atoms with Crippen LogP contribution in [0.5, 0.6) is 5.75 Å². The Morgan fingerprint density at radius 2 is 1.87 bits per heavy atom. The molecule has 8 nitrogen and oxygen atoms in total. The summed E-state index contributed by atoms with van der Waals surface area (Å²) in [7, 11) is -2.44. The Kier molecular flexibility index (Phi) is 6.83. The number of rotatable bonds is 7. The van der Waals surface area contributed by atoms with Gasteiger partial charge in [0.25, 0.3) is 0 Å². The van der Waals surface area contributed by atoms with Crippen molar-refractivity contribution < 1.29 is 17.9 Å². The molecule has 0 aliphatic heterocycles. The van der Waals surface area contributed by atoms with Crippen LogP contribution in [0.25, 0.3) is 10.6 Å². The summed E-state index contributed by atoms with van der Waals surface area (Å²) in [6.07, 6.45) is 1.01. The Balaban J connectivity index is 1.86. The zero-order valence-electron chi connectivity index (χ0n) is 17.3. The quantitative estimate of drug-likeness (QED) is 0.549. The van der Waals surface area contributed by atoms with Gasteiger partial charge in [-0.2, -0.15) is 0 Å². The van der Waals surface area contributed by atoms with E-state index in [1.165, 1.54) is 31.4 Å². The van der Waals surface area contributed by atoms with Gasteiger partial charge >= 0.3 is 0 Å². The molecule has 2 aromatic carbocycles. The number of anilines is 2. The van der Waals surface area contributed by atoms with Gasteiger partial charge in [0.2, 0.25) is 21.1 Å². The third-order valence-corrected chi connectivity index (χ3v) is 6.77. The Labute approximate surface area is 189 Å². The van der Waals surface area contributed by atoms with Crippen LogP contribution in [0.2, 0.25) is 5.02 Å². The lowest BCUT2D eigenvalue weighted by Crippen LogP contribution is -2.45. The van der Waals surface area contributed by atoms with Crippen LogP contribution in [-0.2, 0) is 14.8 Å². The van der Waals surface area contributed by atoms with Gasteiger partial charge in [-0.1, -0.05) is 52.8 Å². The maximum atomic E-state index is 12.9. The molecule has 1 heterocycles. The number of methoxy groups -OCH3 is 1. The molecule has 164 valence electrons. The number of hydrogen-bond donors (Lipinski definition) is 1. The maximum Gasteiger partial charge on any atom is 0.249 e. The van der Waals surface area contributed by atoms with E-state index >= 15 is 0 Å². The average Bonchev–Trinajstić information content (AvgIpc) is 3.16. The molecule has 0 aliphatic carbocycles. The summed E-state index contributed by atoms with van der Waals surface area (Å²) in [5, 5.41) is 12.0. The van der Waals surface area contributed by atoms with Crippen molar-refractivity contribution in [2.45, 2.75) is 19.9 Å². The Bertz CT molecular complexity index is 1200. The summed E-state index contributed by atoms with van der Waals surface area (Å²) in [6.45, 7) is 3.46. The number of hydrogen-bond acceptors (Lipinski definition) is 7. The van der Waals surface area contributed by atoms with Gasteiger partial charge in [0.15, 0.2) is 0 Å². The van der Waals surface area contributed by atoms with Crippen LogP contribution >= 0.6 is 22.9 Å². The van der Waals surface area contributed by atoms with E-state index in [-0.39, 0.29) is 16.6 Å². The number of aromatic nitrogens is 2. The number of amides is 1. The first kappa shape index (κ1) is 23.0. The second-order valence-corrected chi connectivity index (χ2v) is 10.1. The van der Waals surface area contributed by atoms with E-state index < -0.39 is 22.0 Å². The highest BCUT2D eigenvalue weighted by molar-refractivity contribution is 7.92. The highest BCUT2D eigenvalue weighted by Gasteiger charge is 2.32. The van der Waals surface area contributed by atoms with Crippen molar-refractivity contribution in [1.29, 1.82) is 0 Å². The van der Waals surface area contributed by atoms with E-state index in [0.717, 1.165) is 21.7 Å². The molecular weight excluding hydrogens is 460 g/mol. The fourth-order valence-electron chi connectivity index (χ4n) is 2.91. The first-order chi connectivity index (χ1) is 14.6. The number of halogens is 1. The summed E-state index contributed by atoms with van der Waals surface area (Å²) in [4.78, 5) is 12.9. The number of ether oxygens (including phenoxy) is 1. The van der Waals surface area contributed by atoms with E-state index in [1.54, 1.807) is 12.1 Å². The highest BCUT2D eigenvalue weighted by atomic mass is 35.5. The first-order valence-electron chi connectivity index (χ1n) is 9.14. The van der Waals surface area contributed by atoms with E-state index in [0.29, 0.717) is 10.0 Å². The van der Waals surface area contributed by atoms with Gasteiger partial charge in [0.05, 0.1) is 19.1 Å². The largest absolute Gasteiger partial charge is 0.495 e. The van der Waals surface area contributed by atoms with Gasteiger partial charge in [-0.15, -0.1) is 10.2 Å². The number of aryl methyl sites for hydroxylation is 1. The lowest BCUT2D eigenvalue weighted by molar-refractivity contribution is -0.116. The predicted molar refractivity (Wildman–Crippen MR) is 124 cm³/mol. The Morgan fingerprint density at radius 1 is 1.19 bits per heavy atom. The lowest BCUT2D eigenvalue weighted by Gasteiger charge is -2.29. The predicted octanol–water partition coefficient (Wildman–Crippen LogP) is 3.97. The highest BCUT2D eigenvalue weighted by Crippen LogP contribution is 2.34. The van der Waals surface area contributed by atoms with Gasteiger partial charge < -0.3 is 4.74 Å². The van der Waals surface area contributed by atoms with Crippen molar-refractivity contribution >= 4 is 49.7 Å². The molecule has 11 heteroatoms. The fraction of sp³-hybridized carbons (Fsp3) is 0.250. The lowest BCUT2D eigenvalue weighted by atomic mass is 10.2. The molecule has 0 unspecified atom stereocenters. The molecule has 0 bridgehead atoms. The Morgan fingerprint density at radius 3 is 2.48 bits per heavy atom. The zero-order chi connectivity index (χ0) is 22.8. The SMILES string of the molecule is COc1ccc(Cl)cc1N([C@H](C)C(=O)Nc1nnc(-c2ccc(C)cc2)s1)S(C)(=O)=O. The van der Waals surface area contributed by atoms with Crippen LogP contribution < -0.4 is 14.4 Å². The molecule has 0 aliphatic rings. The molecular formula is C20H21ClN4O4S2. The first-order valence-corrected chi connectivity index (χ1v) is 12.2. The normalized spacial score (nSPS) is 12.3. The van der Waals surface area contributed by atoms with Crippen molar-refractivity contribution in [3.05, 3.63) is 53.1 Å². The number of nitrogens with zero attached hydrogens (tertiary/aromatic N) is 3.